The summed E-state index contributed by atoms with van der Waals surface area (Å²) < 4.78 is 0. The van der Waals surface area contributed by atoms with Crippen molar-refractivity contribution >= 4 is 6.21 Å². The van der Waals surface area contributed by atoms with Crippen LogP contribution in [0.2, 0.25) is 0 Å². The zero-order valence-corrected chi connectivity index (χ0v) is 6.83. The number of nitrogens with zero attached hydrogens (tertiary/aromatic N) is 1. The lowest BCUT2D eigenvalue weighted by atomic mass is 9.89. The maximum atomic E-state index is 8.38. The second-order valence-electron chi connectivity index (χ2n) is 3.25. The molecule has 1 unspecified atom stereocenters. The zero-order chi connectivity index (χ0) is 8.39. The largest absolute Gasteiger partial charge is 0.411 e. The van der Waals surface area contributed by atoms with Crippen molar-refractivity contribution < 1.29 is 5.21 Å². The van der Waals surface area contributed by atoms with Gasteiger partial charge in [-0.3, -0.25) is 0 Å². The number of oxime groups is 1. The molecule has 0 aliphatic heterocycles. The monoisotopic (exact) mass is 164 g/mol. The zero-order valence-electron chi connectivity index (χ0n) is 6.83. The van der Waals surface area contributed by atoms with E-state index >= 15 is 0 Å². The molecule has 0 spiro atoms. The fraction of sp³-hybridized carbons (Fsp3) is 0.444. The molecule has 1 heterocycles. The highest BCUT2D eigenvalue weighted by atomic mass is 16.4. The molecule has 1 atom stereocenters. The highest BCUT2D eigenvalue weighted by Crippen LogP contribution is 2.23. The summed E-state index contributed by atoms with van der Waals surface area (Å²) in [6, 6.07) is 2.10. The summed E-state index contributed by atoms with van der Waals surface area (Å²) in [4.78, 5) is 3.21. The van der Waals surface area contributed by atoms with Crippen molar-refractivity contribution in [3.8, 4) is 0 Å². The molecule has 0 saturated heterocycles. The van der Waals surface area contributed by atoms with E-state index in [4.69, 9.17) is 5.21 Å². The molecule has 1 aromatic rings. The third-order valence-electron chi connectivity index (χ3n) is 2.45. The molecule has 3 nitrogen and oxygen atoms in total. The van der Waals surface area contributed by atoms with E-state index in [1.807, 2.05) is 6.20 Å². The van der Waals surface area contributed by atoms with Gasteiger partial charge in [0, 0.05) is 24.0 Å². The SMILES string of the molecule is ON=CC1CCc2[nH]ccc2C1. The van der Waals surface area contributed by atoms with Crippen molar-refractivity contribution in [1.82, 2.24) is 4.98 Å². The maximum absolute atomic E-state index is 8.38. The molecule has 0 fully saturated rings. The second-order valence-corrected chi connectivity index (χ2v) is 3.25. The molecular formula is C9H12N2O. The fourth-order valence-electron chi connectivity index (χ4n) is 1.80. The van der Waals surface area contributed by atoms with Crippen molar-refractivity contribution in [3.63, 3.8) is 0 Å². The Labute approximate surface area is 71.1 Å². The lowest BCUT2D eigenvalue weighted by Gasteiger charge is -2.17. The van der Waals surface area contributed by atoms with E-state index in [9.17, 15) is 0 Å². The quantitative estimate of drug-likeness (QED) is 0.369. The molecule has 12 heavy (non-hydrogen) atoms. The summed E-state index contributed by atoms with van der Waals surface area (Å²) in [6.45, 7) is 0. The number of hydrogen-bond acceptors (Lipinski definition) is 2. The third kappa shape index (κ3) is 1.22. The number of hydrogen-bond donors (Lipinski definition) is 2. The summed E-state index contributed by atoms with van der Waals surface area (Å²) in [5, 5.41) is 11.5. The van der Waals surface area contributed by atoms with Crippen LogP contribution in [0.3, 0.4) is 0 Å². The molecule has 0 amide bonds. The third-order valence-corrected chi connectivity index (χ3v) is 2.45. The van der Waals surface area contributed by atoms with Crippen LogP contribution >= 0.6 is 0 Å². The summed E-state index contributed by atoms with van der Waals surface area (Å²) >= 11 is 0. The first kappa shape index (κ1) is 7.40. The molecule has 0 saturated carbocycles. The second kappa shape index (κ2) is 3.01. The Hall–Kier alpha value is -1.25. The van der Waals surface area contributed by atoms with Crippen molar-refractivity contribution in [1.29, 1.82) is 0 Å². The minimum atomic E-state index is 0.415. The molecule has 0 radical (unpaired) electrons. The maximum Gasteiger partial charge on any atom is 0.0470 e. The van der Waals surface area contributed by atoms with Gasteiger partial charge in [0.2, 0.25) is 0 Å². The van der Waals surface area contributed by atoms with Gasteiger partial charge in [-0.25, -0.2) is 0 Å². The Kier molecular flexibility index (Phi) is 1.86. The predicted molar refractivity (Wildman–Crippen MR) is 46.6 cm³/mol. The number of H-pyrrole nitrogens is 1. The van der Waals surface area contributed by atoms with Gasteiger partial charge in [-0.15, -0.1) is 5.16 Å². The highest BCUT2D eigenvalue weighted by molar-refractivity contribution is 5.61. The van der Waals surface area contributed by atoms with Crippen molar-refractivity contribution in [2.75, 3.05) is 0 Å². The minimum Gasteiger partial charge on any atom is -0.411 e. The Bertz CT molecular complexity index is 290. The lowest BCUT2D eigenvalue weighted by Crippen LogP contribution is -2.14. The number of nitrogens with one attached hydrogen (secondary N) is 1. The van der Waals surface area contributed by atoms with Crippen molar-refractivity contribution in [2.45, 2.75) is 19.3 Å². The van der Waals surface area contributed by atoms with Crippen LogP contribution in [0, 0.1) is 5.92 Å². The van der Waals surface area contributed by atoms with Crippen molar-refractivity contribution in [2.24, 2.45) is 11.1 Å². The first-order valence-electron chi connectivity index (χ1n) is 4.23. The molecule has 1 aromatic heterocycles. The smallest absolute Gasteiger partial charge is 0.0470 e. The standard InChI is InChI=1S/C9H12N2O/c12-11-6-7-1-2-9-8(5-7)3-4-10-9/h3-4,6-7,10,12H,1-2,5H2. The molecule has 0 bridgehead atoms. The molecule has 1 aliphatic carbocycles. The summed E-state index contributed by atoms with van der Waals surface area (Å²) in [7, 11) is 0. The van der Waals surface area contributed by atoms with Gasteiger partial charge in [0.25, 0.3) is 0 Å². The summed E-state index contributed by atoms with van der Waals surface area (Å²) in [5.74, 6) is 0.415. The number of rotatable bonds is 1. The van der Waals surface area contributed by atoms with Gasteiger partial charge in [-0.2, -0.15) is 0 Å². The van der Waals surface area contributed by atoms with Gasteiger partial charge in [0.1, 0.15) is 0 Å². The van der Waals surface area contributed by atoms with Crippen LogP contribution < -0.4 is 0 Å². The fourth-order valence-corrected chi connectivity index (χ4v) is 1.80. The Morgan fingerprint density at radius 3 is 3.42 bits per heavy atom. The van der Waals surface area contributed by atoms with Crippen LogP contribution in [0.4, 0.5) is 0 Å². The lowest BCUT2D eigenvalue weighted by molar-refractivity contribution is 0.317. The Balaban J connectivity index is 2.15. The molecule has 1 aliphatic rings. The van der Waals surface area contributed by atoms with E-state index in [0.29, 0.717) is 5.92 Å². The van der Waals surface area contributed by atoms with E-state index < -0.39 is 0 Å². The summed E-state index contributed by atoms with van der Waals surface area (Å²) in [5.41, 5.74) is 2.71. The van der Waals surface area contributed by atoms with Crippen LogP contribution in [-0.4, -0.2) is 16.4 Å². The van der Waals surface area contributed by atoms with E-state index in [-0.39, 0.29) is 0 Å². The Morgan fingerprint density at radius 1 is 1.67 bits per heavy atom. The van der Waals surface area contributed by atoms with E-state index in [1.54, 1.807) is 6.21 Å². The molecule has 2 rings (SSSR count). The Morgan fingerprint density at radius 2 is 2.58 bits per heavy atom. The molecule has 0 aromatic carbocycles. The van der Waals surface area contributed by atoms with E-state index in [2.05, 4.69) is 16.2 Å². The van der Waals surface area contributed by atoms with E-state index in [0.717, 1.165) is 19.3 Å². The predicted octanol–water partition coefficient (Wildman–Crippen LogP) is 1.58. The first-order chi connectivity index (χ1) is 5.90. The number of aromatic nitrogens is 1. The average Bonchev–Trinajstić information content (AvgIpc) is 2.51. The van der Waals surface area contributed by atoms with Gasteiger partial charge in [-0.1, -0.05) is 0 Å². The van der Waals surface area contributed by atoms with Gasteiger partial charge in [0.15, 0.2) is 0 Å². The van der Waals surface area contributed by atoms with Gasteiger partial charge in [0.05, 0.1) is 0 Å². The van der Waals surface area contributed by atoms with Crippen LogP contribution in [0.5, 0.6) is 0 Å². The normalized spacial score (nSPS) is 22.8. The van der Waals surface area contributed by atoms with Gasteiger partial charge >= 0.3 is 0 Å². The van der Waals surface area contributed by atoms with Crippen molar-refractivity contribution in [3.05, 3.63) is 23.5 Å². The average molecular weight is 164 g/mol. The van der Waals surface area contributed by atoms with Crippen LogP contribution in [0.15, 0.2) is 17.4 Å². The molecular weight excluding hydrogens is 152 g/mol. The van der Waals surface area contributed by atoms with Crippen LogP contribution in [0.1, 0.15) is 17.7 Å². The molecule has 2 N–H and O–H groups in total. The van der Waals surface area contributed by atoms with Crippen LogP contribution in [-0.2, 0) is 12.8 Å². The minimum absolute atomic E-state index is 0.415. The first-order valence-corrected chi connectivity index (χ1v) is 4.23. The van der Waals surface area contributed by atoms with Gasteiger partial charge in [-0.05, 0) is 30.9 Å². The van der Waals surface area contributed by atoms with Gasteiger partial charge < -0.3 is 10.2 Å². The molecule has 3 heteroatoms. The highest BCUT2D eigenvalue weighted by Gasteiger charge is 2.17. The number of aryl methyl sites for hydroxylation is 1. The summed E-state index contributed by atoms with van der Waals surface area (Å²) in [6.07, 6.45) is 6.76. The number of fused-ring (bicyclic) bond motifs is 1. The topological polar surface area (TPSA) is 48.4 Å². The number of aromatic amines is 1. The van der Waals surface area contributed by atoms with Crippen LogP contribution in [0.25, 0.3) is 0 Å². The van der Waals surface area contributed by atoms with E-state index in [1.165, 1.54) is 11.3 Å². The molecule has 64 valence electrons.